The number of allylic oxidation sites excluding steroid dienone is 1. The molecule has 1 aromatic carbocycles. The maximum absolute atomic E-state index is 13.6. The van der Waals surface area contributed by atoms with Gasteiger partial charge >= 0.3 is 11.8 Å². The Morgan fingerprint density at radius 2 is 2.07 bits per heavy atom. The predicted octanol–water partition coefficient (Wildman–Crippen LogP) is 2.39. The summed E-state index contributed by atoms with van der Waals surface area (Å²) in [6, 6.07) is 8.70. The highest BCUT2D eigenvalue weighted by molar-refractivity contribution is 6.16. The molecule has 2 N–H and O–H groups in total. The van der Waals surface area contributed by atoms with Gasteiger partial charge in [0.2, 0.25) is 5.88 Å². The van der Waals surface area contributed by atoms with Gasteiger partial charge in [-0.25, -0.2) is 4.79 Å². The standard InChI is InChI=1S/C20H18N2O5/c1-4-10(2)25-18(24)15-11(3)26-20-13-8-6-5-7-12(13)16(23)19(15,20)14(9-21)17(22)27-20/h5-8,10H,4,22H2,1-3H3/t10?,19-,20-/m1/s1. The molecule has 1 unspecified atom stereocenters. The average molecular weight is 366 g/mol. The van der Waals surface area contributed by atoms with E-state index in [9.17, 15) is 14.9 Å². The molecule has 2 heterocycles. The van der Waals surface area contributed by atoms with Gasteiger partial charge in [-0.05, 0) is 20.3 Å². The molecule has 0 radical (unpaired) electrons. The van der Waals surface area contributed by atoms with Crippen LogP contribution in [0.2, 0.25) is 0 Å². The summed E-state index contributed by atoms with van der Waals surface area (Å²) in [4.78, 5) is 26.6. The third kappa shape index (κ3) is 1.75. The van der Waals surface area contributed by atoms with Crippen molar-refractivity contribution < 1.29 is 23.8 Å². The van der Waals surface area contributed by atoms with E-state index in [2.05, 4.69) is 0 Å². The third-order valence-electron chi connectivity index (χ3n) is 5.46. The van der Waals surface area contributed by atoms with Gasteiger partial charge in [0, 0.05) is 11.1 Å². The molecule has 2 aliphatic heterocycles. The molecule has 3 aliphatic rings. The summed E-state index contributed by atoms with van der Waals surface area (Å²) in [7, 11) is 0. The lowest BCUT2D eigenvalue weighted by molar-refractivity contribution is -0.199. The molecule has 0 fully saturated rings. The van der Waals surface area contributed by atoms with Crippen molar-refractivity contribution in [2.75, 3.05) is 0 Å². The summed E-state index contributed by atoms with van der Waals surface area (Å²) in [5.41, 5.74) is 4.77. The van der Waals surface area contributed by atoms with Crippen molar-refractivity contribution in [2.45, 2.75) is 39.1 Å². The number of nitrogens with two attached hydrogens (primary N) is 1. The van der Waals surface area contributed by atoms with Gasteiger partial charge in [0.25, 0.3) is 0 Å². The molecule has 0 saturated carbocycles. The minimum atomic E-state index is -1.79. The topological polar surface area (TPSA) is 112 Å². The molecule has 3 atom stereocenters. The van der Waals surface area contributed by atoms with E-state index >= 15 is 0 Å². The number of benzene rings is 1. The Bertz CT molecular complexity index is 1000. The molecule has 0 bridgehead atoms. The molecular weight excluding hydrogens is 348 g/mol. The van der Waals surface area contributed by atoms with E-state index in [1.165, 1.54) is 0 Å². The average Bonchev–Trinajstić information content (AvgIpc) is 3.11. The van der Waals surface area contributed by atoms with Crippen LogP contribution >= 0.6 is 0 Å². The van der Waals surface area contributed by atoms with Crippen LogP contribution in [0.3, 0.4) is 0 Å². The molecule has 7 heteroatoms. The lowest BCUT2D eigenvalue weighted by atomic mass is 9.69. The zero-order valence-corrected chi connectivity index (χ0v) is 15.2. The highest BCUT2D eigenvalue weighted by Gasteiger charge is 2.80. The minimum Gasteiger partial charge on any atom is -0.459 e. The zero-order chi connectivity index (χ0) is 19.6. The van der Waals surface area contributed by atoms with Gasteiger partial charge in [-0.2, -0.15) is 5.26 Å². The number of fused-ring (bicyclic) bond motifs is 1. The monoisotopic (exact) mass is 366 g/mol. The van der Waals surface area contributed by atoms with E-state index in [4.69, 9.17) is 19.9 Å². The molecule has 0 saturated heterocycles. The van der Waals surface area contributed by atoms with Crippen molar-refractivity contribution in [1.82, 2.24) is 0 Å². The Labute approximate surface area is 156 Å². The Morgan fingerprint density at radius 3 is 2.74 bits per heavy atom. The molecular formula is C20H18N2O5. The first-order valence-corrected chi connectivity index (χ1v) is 8.70. The Hall–Kier alpha value is -3.27. The van der Waals surface area contributed by atoms with E-state index in [-0.39, 0.29) is 28.9 Å². The summed E-state index contributed by atoms with van der Waals surface area (Å²) in [6.07, 6.45) is 0.238. The summed E-state index contributed by atoms with van der Waals surface area (Å²) in [6.45, 7) is 5.19. The Balaban J connectivity index is 2.00. The smallest absolute Gasteiger partial charge is 0.339 e. The first-order chi connectivity index (χ1) is 12.8. The van der Waals surface area contributed by atoms with E-state index < -0.39 is 23.0 Å². The molecule has 4 rings (SSSR count). The van der Waals surface area contributed by atoms with Gasteiger partial charge in [0.05, 0.1) is 6.10 Å². The van der Waals surface area contributed by atoms with Crippen molar-refractivity contribution in [3.63, 3.8) is 0 Å². The van der Waals surface area contributed by atoms with Crippen LogP contribution in [-0.4, -0.2) is 17.9 Å². The molecule has 0 spiro atoms. The van der Waals surface area contributed by atoms with Crippen LogP contribution in [0.5, 0.6) is 0 Å². The summed E-state index contributed by atoms with van der Waals surface area (Å²) >= 11 is 0. The Morgan fingerprint density at radius 1 is 1.37 bits per heavy atom. The van der Waals surface area contributed by atoms with Crippen molar-refractivity contribution in [3.05, 3.63) is 58.2 Å². The fourth-order valence-corrected chi connectivity index (χ4v) is 4.17. The van der Waals surface area contributed by atoms with E-state index in [0.29, 0.717) is 17.5 Å². The summed E-state index contributed by atoms with van der Waals surface area (Å²) in [5.74, 6) is -2.89. The normalized spacial score (nSPS) is 28.7. The number of ketones is 1. The van der Waals surface area contributed by atoms with Gasteiger partial charge in [-0.3, -0.25) is 4.79 Å². The fraction of sp³-hybridized carbons (Fsp3) is 0.350. The Kier molecular flexibility index (Phi) is 3.41. The number of nitriles is 1. The van der Waals surface area contributed by atoms with Crippen molar-refractivity contribution in [1.29, 1.82) is 5.26 Å². The van der Waals surface area contributed by atoms with E-state index in [0.717, 1.165) is 0 Å². The summed E-state index contributed by atoms with van der Waals surface area (Å²) in [5, 5.41) is 9.78. The number of ether oxygens (including phenoxy) is 3. The van der Waals surface area contributed by atoms with E-state index in [1.54, 1.807) is 38.1 Å². The van der Waals surface area contributed by atoms with Gasteiger partial charge in [-0.15, -0.1) is 0 Å². The second-order valence-corrected chi connectivity index (χ2v) is 6.85. The number of hydrogen-bond donors (Lipinski definition) is 1. The summed E-state index contributed by atoms with van der Waals surface area (Å²) < 4.78 is 17.3. The number of rotatable bonds is 3. The molecule has 0 aromatic heterocycles. The predicted molar refractivity (Wildman–Crippen MR) is 92.4 cm³/mol. The number of carbonyl (C=O) groups is 2. The number of Topliss-reactive ketones (excluding diaryl/α,β-unsaturated/α-hetero) is 1. The van der Waals surface area contributed by atoms with Gasteiger partial charge < -0.3 is 19.9 Å². The van der Waals surface area contributed by atoms with Gasteiger partial charge in [-0.1, -0.05) is 31.2 Å². The quantitative estimate of drug-likeness (QED) is 0.817. The van der Waals surface area contributed by atoms with Crippen molar-refractivity contribution >= 4 is 11.8 Å². The van der Waals surface area contributed by atoms with Crippen LogP contribution in [0.1, 0.15) is 43.1 Å². The lowest BCUT2D eigenvalue weighted by Gasteiger charge is -2.31. The van der Waals surface area contributed by atoms with Crippen LogP contribution in [0.15, 0.2) is 47.1 Å². The van der Waals surface area contributed by atoms with Crippen molar-refractivity contribution in [3.8, 4) is 6.07 Å². The van der Waals surface area contributed by atoms with Crippen LogP contribution in [0.4, 0.5) is 0 Å². The lowest BCUT2D eigenvalue weighted by Crippen LogP contribution is -2.45. The second kappa shape index (κ2) is 5.36. The van der Waals surface area contributed by atoms with Crippen LogP contribution in [0.25, 0.3) is 0 Å². The maximum Gasteiger partial charge on any atom is 0.339 e. The molecule has 7 nitrogen and oxygen atoms in total. The minimum absolute atomic E-state index is 0.0269. The van der Waals surface area contributed by atoms with E-state index in [1.807, 2.05) is 13.0 Å². The van der Waals surface area contributed by atoms with Crippen molar-refractivity contribution in [2.24, 2.45) is 11.1 Å². The van der Waals surface area contributed by atoms with Crippen LogP contribution in [-0.2, 0) is 24.8 Å². The van der Waals surface area contributed by atoms with Crippen LogP contribution < -0.4 is 5.73 Å². The number of nitrogens with zero attached hydrogens (tertiary/aromatic N) is 1. The maximum atomic E-state index is 13.6. The number of carbonyl (C=O) groups excluding carboxylic acids is 2. The SMILES string of the molecule is CCC(C)OC(=O)C1=C(C)O[C@]23OC(N)=C(C#N)[C@]12C(=O)c1ccccc13. The highest BCUT2D eigenvalue weighted by Crippen LogP contribution is 2.69. The highest BCUT2D eigenvalue weighted by atomic mass is 16.7. The van der Waals surface area contributed by atoms with Gasteiger partial charge in [0.15, 0.2) is 11.2 Å². The largest absolute Gasteiger partial charge is 0.459 e. The second-order valence-electron chi connectivity index (χ2n) is 6.85. The number of esters is 1. The fourth-order valence-electron chi connectivity index (χ4n) is 4.17. The van der Waals surface area contributed by atoms with Gasteiger partial charge in [0.1, 0.15) is 23.0 Å². The van der Waals surface area contributed by atoms with Crippen LogP contribution in [0, 0.1) is 16.7 Å². The first-order valence-electron chi connectivity index (χ1n) is 8.70. The number of hydrogen-bond acceptors (Lipinski definition) is 7. The molecule has 0 amide bonds. The third-order valence-corrected chi connectivity index (χ3v) is 5.46. The molecule has 138 valence electrons. The molecule has 1 aliphatic carbocycles. The first kappa shape index (κ1) is 17.2. The zero-order valence-electron chi connectivity index (χ0n) is 15.2. The molecule has 27 heavy (non-hydrogen) atoms. The molecule has 1 aromatic rings.